The van der Waals surface area contributed by atoms with Gasteiger partial charge in [-0.1, -0.05) is 47.5 Å². The van der Waals surface area contributed by atoms with E-state index >= 15 is 0 Å². The molecule has 0 fully saturated rings. The third kappa shape index (κ3) is 4.15. The molecule has 0 spiro atoms. The minimum absolute atomic E-state index is 0.100. The van der Waals surface area contributed by atoms with E-state index in [0.717, 1.165) is 5.56 Å². The number of rotatable bonds is 4. The highest BCUT2D eigenvalue weighted by molar-refractivity contribution is 6.34. The number of halogens is 2. The molecule has 1 heterocycles. The van der Waals surface area contributed by atoms with Crippen molar-refractivity contribution in [1.82, 2.24) is 0 Å². The van der Waals surface area contributed by atoms with Crippen molar-refractivity contribution in [2.24, 2.45) is 0 Å². The van der Waals surface area contributed by atoms with Crippen LogP contribution in [-0.2, 0) is 4.79 Å². The standard InChI is InChI=1S/C20H12Cl2N2O2/c21-15-5-3-4-13(10-15)19-9-8-16(26-19)11-14(12-23)20(25)24-18-7-2-1-6-17(18)22/h1-11H,(H,24,25)/b14-11+. The van der Waals surface area contributed by atoms with E-state index in [2.05, 4.69) is 5.32 Å². The fourth-order valence-electron chi connectivity index (χ4n) is 2.27. The predicted molar refractivity (Wildman–Crippen MR) is 103 cm³/mol. The van der Waals surface area contributed by atoms with Gasteiger partial charge in [0.15, 0.2) is 0 Å². The highest BCUT2D eigenvalue weighted by Crippen LogP contribution is 2.26. The number of nitrogens with zero attached hydrogens (tertiary/aromatic N) is 1. The molecule has 3 rings (SSSR count). The van der Waals surface area contributed by atoms with E-state index in [9.17, 15) is 10.1 Å². The Labute approximate surface area is 160 Å². The van der Waals surface area contributed by atoms with Crippen molar-refractivity contribution >= 4 is 40.9 Å². The van der Waals surface area contributed by atoms with Crippen LogP contribution in [0.15, 0.2) is 70.7 Å². The quantitative estimate of drug-likeness (QED) is 0.457. The highest BCUT2D eigenvalue weighted by atomic mass is 35.5. The number of anilines is 1. The molecule has 0 saturated heterocycles. The molecule has 0 unspecified atom stereocenters. The van der Waals surface area contributed by atoms with E-state index in [1.165, 1.54) is 6.08 Å². The molecule has 0 atom stereocenters. The fourth-order valence-corrected chi connectivity index (χ4v) is 2.64. The van der Waals surface area contributed by atoms with E-state index in [1.54, 1.807) is 48.5 Å². The van der Waals surface area contributed by atoms with Gasteiger partial charge in [0.1, 0.15) is 23.2 Å². The summed E-state index contributed by atoms with van der Waals surface area (Å²) < 4.78 is 5.69. The zero-order valence-electron chi connectivity index (χ0n) is 13.4. The zero-order chi connectivity index (χ0) is 18.5. The molecular weight excluding hydrogens is 371 g/mol. The molecule has 1 N–H and O–H groups in total. The molecule has 0 bridgehead atoms. The third-order valence-corrected chi connectivity index (χ3v) is 4.07. The van der Waals surface area contributed by atoms with E-state index in [4.69, 9.17) is 27.6 Å². The van der Waals surface area contributed by atoms with Gasteiger partial charge in [0.25, 0.3) is 5.91 Å². The van der Waals surface area contributed by atoms with Gasteiger partial charge < -0.3 is 9.73 Å². The van der Waals surface area contributed by atoms with Crippen LogP contribution in [0.3, 0.4) is 0 Å². The van der Waals surface area contributed by atoms with Crippen molar-refractivity contribution in [3.8, 4) is 17.4 Å². The van der Waals surface area contributed by atoms with Gasteiger partial charge in [-0.05, 0) is 36.4 Å². The summed E-state index contributed by atoms with van der Waals surface area (Å²) in [5.41, 5.74) is 1.13. The monoisotopic (exact) mass is 382 g/mol. The molecular formula is C20H12Cl2N2O2. The van der Waals surface area contributed by atoms with Gasteiger partial charge in [0.2, 0.25) is 0 Å². The average molecular weight is 383 g/mol. The van der Waals surface area contributed by atoms with Crippen LogP contribution in [0.5, 0.6) is 0 Å². The second-order valence-corrected chi connectivity index (χ2v) is 6.16. The lowest BCUT2D eigenvalue weighted by molar-refractivity contribution is -0.112. The summed E-state index contributed by atoms with van der Waals surface area (Å²) in [6.45, 7) is 0. The summed E-state index contributed by atoms with van der Waals surface area (Å²) in [6.07, 6.45) is 1.38. The largest absolute Gasteiger partial charge is 0.457 e. The van der Waals surface area contributed by atoms with Gasteiger partial charge in [0.05, 0.1) is 10.7 Å². The number of hydrogen-bond acceptors (Lipinski definition) is 3. The Morgan fingerprint density at radius 1 is 1.08 bits per heavy atom. The van der Waals surface area contributed by atoms with Crippen molar-refractivity contribution in [2.75, 3.05) is 5.32 Å². The SMILES string of the molecule is N#C/C(=C\c1ccc(-c2cccc(Cl)c2)o1)C(=O)Nc1ccccc1Cl. The van der Waals surface area contributed by atoms with E-state index in [0.29, 0.717) is 27.3 Å². The number of carbonyl (C=O) groups excluding carboxylic acids is 1. The first-order valence-corrected chi connectivity index (χ1v) is 8.36. The first-order valence-electron chi connectivity index (χ1n) is 7.60. The van der Waals surface area contributed by atoms with Crippen molar-refractivity contribution in [2.45, 2.75) is 0 Å². The van der Waals surface area contributed by atoms with Crippen molar-refractivity contribution in [1.29, 1.82) is 5.26 Å². The summed E-state index contributed by atoms with van der Waals surface area (Å²) in [4.78, 5) is 12.3. The molecule has 26 heavy (non-hydrogen) atoms. The predicted octanol–water partition coefficient (Wildman–Crippen LogP) is 5.80. The number of amides is 1. The number of benzene rings is 2. The maximum absolute atomic E-state index is 12.3. The van der Waals surface area contributed by atoms with Crippen LogP contribution >= 0.6 is 23.2 Å². The molecule has 3 aromatic rings. The highest BCUT2D eigenvalue weighted by Gasteiger charge is 2.13. The minimum Gasteiger partial charge on any atom is -0.457 e. The second-order valence-electron chi connectivity index (χ2n) is 5.32. The van der Waals surface area contributed by atoms with Crippen LogP contribution in [0.4, 0.5) is 5.69 Å². The topological polar surface area (TPSA) is 66.0 Å². The van der Waals surface area contributed by atoms with E-state index < -0.39 is 5.91 Å². The molecule has 0 saturated carbocycles. The number of carbonyl (C=O) groups is 1. The van der Waals surface area contributed by atoms with Crippen LogP contribution in [0, 0.1) is 11.3 Å². The number of nitriles is 1. The number of hydrogen-bond donors (Lipinski definition) is 1. The van der Waals surface area contributed by atoms with Gasteiger partial charge in [-0.3, -0.25) is 4.79 Å². The van der Waals surface area contributed by atoms with Crippen LogP contribution in [0.1, 0.15) is 5.76 Å². The van der Waals surface area contributed by atoms with Crippen molar-refractivity contribution in [3.63, 3.8) is 0 Å². The van der Waals surface area contributed by atoms with Crippen molar-refractivity contribution < 1.29 is 9.21 Å². The summed E-state index contributed by atoms with van der Waals surface area (Å²) >= 11 is 12.0. The smallest absolute Gasteiger partial charge is 0.266 e. The first-order chi connectivity index (χ1) is 12.6. The van der Waals surface area contributed by atoms with E-state index in [-0.39, 0.29) is 5.57 Å². The minimum atomic E-state index is -0.568. The number of nitrogens with one attached hydrogen (secondary N) is 1. The lowest BCUT2D eigenvalue weighted by Gasteiger charge is -2.05. The lowest BCUT2D eigenvalue weighted by Crippen LogP contribution is -2.13. The Bertz CT molecular complexity index is 1030. The Balaban J connectivity index is 1.82. The lowest BCUT2D eigenvalue weighted by atomic mass is 10.2. The molecule has 0 radical (unpaired) electrons. The van der Waals surface area contributed by atoms with Gasteiger partial charge >= 0.3 is 0 Å². The molecule has 0 aliphatic carbocycles. The summed E-state index contributed by atoms with van der Waals surface area (Å²) in [5, 5.41) is 12.9. The molecule has 4 nitrogen and oxygen atoms in total. The maximum Gasteiger partial charge on any atom is 0.266 e. The molecule has 128 valence electrons. The zero-order valence-corrected chi connectivity index (χ0v) is 14.9. The van der Waals surface area contributed by atoms with Gasteiger partial charge in [-0.2, -0.15) is 5.26 Å². The first kappa shape index (κ1) is 17.8. The van der Waals surface area contributed by atoms with Crippen LogP contribution < -0.4 is 5.32 Å². The van der Waals surface area contributed by atoms with Gasteiger partial charge in [-0.15, -0.1) is 0 Å². The Morgan fingerprint density at radius 3 is 2.62 bits per heavy atom. The number of furan rings is 1. The Hall–Kier alpha value is -3.00. The van der Waals surface area contributed by atoms with Gasteiger partial charge in [-0.25, -0.2) is 0 Å². The van der Waals surface area contributed by atoms with Crippen LogP contribution in [-0.4, -0.2) is 5.91 Å². The van der Waals surface area contributed by atoms with Crippen LogP contribution in [0.2, 0.25) is 10.0 Å². The van der Waals surface area contributed by atoms with Crippen LogP contribution in [0.25, 0.3) is 17.4 Å². The molecule has 1 aromatic heterocycles. The molecule has 2 aromatic carbocycles. The van der Waals surface area contributed by atoms with E-state index in [1.807, 2.05) is 18.2 Å². The summed E-state index contributed by atoms with van der Waals surface area (Å²) in [5.74, 6) is 0.398. The fraction of sp³-hybridized carbons (Fsp3) is 0. The normalized spacial score (nSPS) is 11.0. The van der Waals surface area contributed by atoms with Crippen molar-refractivity contribution in [3.05, 3.63) is 82.0 Å². The maximum atomic E-state index is 12.3. The second kappa shape index (κ2) is 7.92. The summed E-state index contributed by atoms with van der Waals surface area (Å²) in [7, 11) is 0. The Morgan fingerprint density at radius 2 is 1.88 bits per heavy atom. The summed E-state index contributed by atoms with van der Waals surface area (Å²) in [6, 6.07) is 19.3. The number of para-hydroxylation sites is 1. The average Bonchev–Trinajstić information content (AvgIpc) is 3.10. The van der Waals surface area contributed by atoms with Gasteiger partial charge in [0, 0.05) is 16.7 Å². The molecule has 1 amide bonds. The Kier molecular flexibility index (Phi) is 5.43. The molecule has 0 aliphatic rings. The molecule has 6 heteroatoms. The molecule has 0 aliphatic heterocycles. The third-order valence-electron chi connectivity index (χ3n) is 3.51.